The van der Waals surface area contributed by atoms with E-state index in [0.29, 0.717) is 6.42 Å². The Morgan fingerprint density at radius 2 is 2.00 bits per heavy atom. The summed E-state index contributed by atoms with van der Waals surface area (Å²) in [4.78, 5) is 11.6. The predicted octanol–water partition coefficient (Wildman–Crippen LogP) is 3.06. The third kappa shape index (κ3) is 4.47. The van der Waals surface area contributed by atoms with Gasteiger partial charge in [-0.15, -0.1) is 0 Å². The van der Waals surface area contributed by atoms with Gasteiger partial charge in [-0.2, -0.15) is 0 Å². The van der Waals surface area contributed by atoms with E-state index in [9.17, 15) is 4.79 Å². The number of unbranched alkanes of at least 4 members (excludes halogenated alkanes) is 1. The predicted molar refractivity (Wildman–Crippen MR) is 69.1 cm³/mol. The van der Waals surface area contributed by atoms with Crippen molar-refractivity contribution >= 4 is 5.91 Å². The molecule has 0 radical (unpaired) electrons. The molecule has 0 spiro atoms. The van der Waals surface area contributed by atoms with Gasteiger partial charge in [-0.3, -0.25) is 4.79 Å². The maximum atomic E-state index is 11.6. The first-order valence-corrected chi connectivity index (χ1v) is 6.10. The van der Waals surface area contributed by atoms with Crippen molar-refractivity contribution in [2.75, 3.05) is 7.11 Å². The molecule has 0 aromatic heterocycles. The Morgan fingerprint density at radius 3 is 2.53 bits per heavy atom. The second-order valence-electron chi connectivity index (χ2n) is 4.17. The Hall–Kier alpha value is -1.51. The highest BCUT2D eigenvalue weighted by atomic mass is 16.5. The summed E-state index contributed by atoms with van der Waals surface area (Å²) in [6.45, 7) is 4.08. The molecule has 0 saturated carbocycles. The average Bonchev–Trinajstić information content (AvgIpc) is 2.36. The Bertz CT molecular complexity index is 346. The number of hydrogen-bond acceptors (Lipinski definition) is 2. The molecular formula is C14H21NO2. The monoisotopic (exact) mass is 235 g/mol. The second-order valence-corrected chi connectivity index (χ2v) is 4.17. The fourth-order valence-electron chi connectivity index (χ4n) is 1.63. The van der Waals surface area contributed by atoms with E-state index in [1.165, 1.54) is 0 Å². The zero-order valence-electron chi connectivity index (χ0n) is 10.8. The minimum Gasteiger partial charge on any atom is -0.497 e. The van der Waals surface area contributed by atoms with Crippen LogP contribution in [-0.2, 0) is 4.79 Å². The summed E-state index contributed by atoms with van der Waals surface area (Å²) in [6, 6.07) is 7.81. The van der Waals surface area contributed by atoms with Gasteiger partial charge in [0, 0.05) is 6.42 Å². The van der Waals surface area contributed by atoms with Crippen LogP contribution in [0.5, 0.6) is 5.75 Å². The number of benzene rings is 1. The smallest absolute Gasteiger partial charge is 0.220 e. The van der Waals surface area contributed by atoms with E-state index in [2.05, 4.69) is 12.2 Å². The molecule has 94 valence electrons. The van der Waals surface area contributed by atoms with E-state index >= 15 is 0 Å². The largest absolute Gasteiger partial charge is 0.497 e. The Labute approximate surface area is 103 Å². The maximum Gasteiger partial charge on any atom is 0.220 e. The summed E-state index contributed by atoms with van der Waals surface area (Å²) in [7, 11) is 1.64. The molecule has 0 aliphatic heterocycles. The molecule has 0 saturated heterocycles. The van der Waals surface area contributed by atoms with Gasteiger partial charge in [-0.05, 0) is 31.0 Å². The van der Waals surface area contributed by atoms with Gasteiger partial charge in [0.1, 0.15) is 5.75 Å². The third-order valence-electron chi connectivity index (χ3n) is 2.75. The van der Waals surface area contributed by atoms with Crippen molar-refractivity contribution in [2.45, 2.75) is 39.2 Å². The summed E-state index contributed by atoms with van der Waals surface area (Å²) in [5, 5.41) is 2.99. The van der Waals surface area contributed by atoms with Crippen molar-refractivity contribution in [1.29, 1.82) is 0 Å². The molecule has 3 nitrogen and oxygen atoms in total. The highest BCUT2D eigenvalue weighted by Gasteiger charge is 2.08. The third-order valence-corrected chi connectivity index (χ3v) is 2.75. The number of methoxy groups -OCH3 is 1. The van der Waals surface area contributed by atoms with Crippen LogP contribution < -0.4 is 10.1 Å². The van der Waals surface area contributed by atoms with Crippen LogP contribution in [-0.4, -0.2) is 13.0 Å². The summed E-state index contributed by atoms with van der Waals surface area (Å²) in [5.41, 5.74) is 1.09. The summed E-state index contributed by atoms with van der Waals surface area (Å²) in [6.07, 6.45) is 2.60. The first-order valence-electron chi connectivity index (χ1n) is 6.10. The van der Waals surface area contributed by atoms with Gasteiger partial charge in [0.15, 0.2) is 0 Å². The fourth-order valence-corrected chi connectivity index (χ4v) is 1.63. The molecule has 1 aromatic carbocycles. The van der Waals surface area contributed by atoms with E-state index in [1.807, 2.05) is 31.2 Å². The van der Waals surface area contributed by atoms with Gasteiger partial charge in [0.25, 0.3) is 0 Å². The molecule has 1 aromatic rings. The van der Waals surface area contributed by atoms with E-state index < -0.39 is 0 Å². The molecule has 0 fully saturated rings. The highest BCUT2D eigenvalue weighted by Crippen LogP contribution is 2.17. The summed E-state index contributed by atoms with van der Waals surface area (Å²) >= 11 is 0. The van der Waals surface area contributed by atoms with Crippen molar-refractivity contribution in [2.24, 2.45) is 0 Å². The average molecular weight is 235 g/mol. The van der Waals surface area contributed by atoms with E-state index in [0.717, 1.165) is 24.2 Å². The van der Waals surface area contributed by atoms with Crippen LogP contribution in [0.3, 0.4) is 0 Å². The maximum absolute atomic E-state index is 11.6. The molecule has 1 atom stereocenters. The summed E-state index contributed by atoms with van der Waals surface area (Å²) in [5.74, 6) is 0.952. The molecule has 0 aliphatic carbocycles. The van der Waals surface area contributed by atoms with Crippen molar-refractivity contribution < 1.29 is 9.53 Å². The molecule has 1 rings (SSSR count). The van der Waals surface area contributed by atoms with E-state index in [1.54, 1.807) is 7.11 Å². The molecule has 1 N–H and O–H groups in total. The highest BCUT2D eigenvalue weighted by molar-refractivity contribution is 5.76. The molecule has 17 heavy (non-hydrogen) atoms. The lowest BCUT2D eigenvalue weighted by atomic mass is 10.1. The normalized spacial score (nSPS) is 11.9. The van der Waals surface area contributed by atoms with Crippen LogP contribution >= 0.6 is 0 Å². The number of nitrogens with one attached hydrogen (secondary N) is 1. The van der Waals surface area contributed by atoms with Crippen LogP contribution in [0.4, 0.5) is 0 Å². The van der Waals surface area contributed by atoms with Crippen molar-refractivity contribution in [3.63, 3.8) is 0 Å². The molecule has 0 unspecified atom stereocenters. The SMILES string of the molecule is CCCCC(=O)N[C@H](C)c1ccc(OC)cc1. The molecular weight excluding hydrogens is 214 g/mol. The van der Waals surface area contributed by atoms with Crippen LogP contribution in [0, 0.1) is 0 Å². The van der Waals surface area contributed by atoms with Crippen LogP contribution in [0.2, 0.25) is 0 Å². The van der Waals surface area contributed by atoms with Gasteiger partial charge in [0.05, 0.1) is 13.2 Å². The Kier molecular flexibility index (Phi) is 5.53. The first-order chi connectivity index (χ1) is 8.17. The van der Waals surface area contributed by atoms with E-state index in [4.69, 9.17) is 4.74 Å². The van der Waals surface area contributed by atoms with Gasteiger partial charge in [-0.25, -0.2) is 0 Å². The van der Waals surface area contributed by atoms with Gasteiger partial charge < -0.3 is 10.1 Å². The minimum atomic E-state index is 0.0465. The molecule has 1 amide bonds. The lowest BCUT2D eigenvalue weighted by Gasteiger charge is -2.14. The lowest BCUT2D eigenvalue weighted by molar-refractivity contribution is -0.121. The Morgan fingerprint density at radius 1 is 1.35 bits per heavy atom. The van der Waals surface area contributed by atoms with Crippen LogP contribution in [0.1, 0.15) is 44.7 Å². The van der Waals surface area contributed by atoms with Crippen LogP contribution in [0.25, 0.3) is 0 Å². The quantitative estimate of drug-likeness (QED) is 0.823. The second kappa shape index (κ2) is 6.94. The zero-order valence-corrected chi connectivity index (χ0v) is 10.8. The number of hydrogen-bond donors (Lipinski definition) is 1. The fraction of sp³-hybridized carbons (Fsp3) is 0.500. The molecule has 0 bridgehead atoms. The molecule has 3 heteroatoms. The van der Waals surface area contributed by atoms with Gasteiger partial charge in [-0.1, -0.05) is 25.5 Å². The number of rotatable bonds is 6. The van der Waals surface area contributed by atoms with Gasteiger partial charge >= 0.3 is 0 Å². The topological polar surface area (TPSA) is 38.3 Å². The van der Waals surface area contributed by atoms with Gasteiger partial charge in [0.2, 0.25) is 5.91 Å². The number of amides is 1. The van der Waals surface area contributed by atoms with Crippen molar-refractivity contribution in [3.05, 3.63) is 29.8 Å². The zero-order chi connectivity index (χ0) is 12.7. The van der Waals surface area contributed by atoms with Crippen LogP contribution in [0.15, 0.2) is 24.3 Å². The standard InChI is InChI=1S/C14H21NO2/c1-4-5-6-14(16)15-11(2)12-7-9-13(17-3)10-8-12/h7-11H,4-6H2,1-3H3,(H,15,16)/t11-/m1/s1. The summed E-state index contributed by atoms with van der Waals surface area (Å²) < 4.78 is 5.10. The lowest BCUT2D eigenvalue weighted by Crippen LogP contribution is -2.26. The number of carbonyl (C=O) groups excluding carboxylic acids is 1. The number of ether oxygens (including phenoxy) is 1. The minimum absolute atomic E-state index is 0.0465. The van der Waals surface area contributed by atoms with Crippen molar-refractivity contribution in [1.82, 2.24) is 5.32 Å². The van der Waals surface area contributed by atoms with Crippen molar-refractivity contribution in [3.8, 4) is 5.75 Å². The molecule has 0 aliphatic rings. The Balaban J connectivity index is 2.51. The number of carbonyl (C=O) groups is 1. The van der Waals surface area contributed by atoms with E-state index in [-0.39, 0.29) is 11.9 Å². The molecule has 0 heterocycles. The first kappa shape index (κ1) is 13.6.